The molecule has 5 nitrogen and oxygen atoms in total. The fourth-order valence-electron chi connectivity index (χ4n) is 1.94. The van der Waals surface area contributed by atoms with Crippen LogP contribution in [0.2, 0.25) is 0 Å². The van der Waals surface area contributed by atoms with Gasteiger partial charge in [0.05, 0.1) is 11.5 Å². The van der Waals surface area contributed by atoms with E-state index in [2.05, 4.69) is 5.32 Å². The highest BCUT2D eigenvalue weighted by Crippen LogP contribution is 2.21. The summed E-state index contributed by atoms with van der Waals surface area (Å²) in [6.45, 7) is 2.43. The molecule has 2 aromatic rings. The molecule has 104 valence electrons. The molecule has 0 spiro atoms. The van der Waals surface area contributed by atoms with E-state index in [1.54, 1.807) is 6.07 Å². The van der Waals surface area contributed by atoms with Gasteiger partial charge in [-0.1, -0.05) is 24.3 Å². The molecule has 5 heteroatoms. The van der Waals surface area contributed by atoms with Crippen molar-refractivity contribution in [2.45, 2.75) is 20.1 Å². The molecule has 2 N–H and O–H groups in total. The SMILES string of the molecule is Cc1cc(NCc2ccc(CO)cc2)cc([N+](=O)[O-])c1. The van der Waals surface area contributed by atoms with E-state index in [0.29, 0.717) is 6.54 Å². The van der Waals surface area contributed by atoms with E-state index in [4.69, 9.17) is 5.11 Å². The first kappa shape index (κ1) is 14.0. The van der Waals surface area contributed by atoms with Crippen molar-refractivity contribution in [2.24, 2.45) is 0 Å². The van der Waals surface area contributed by atoms with Crippen LogP contribution in [0.1, 0.15) is 16.7 Å². The summed E-state index contributed by atoms with van der Waals surface area (Å²) >= 11 is 0. The first-order valence-corrected chi connectivity index (χ1v) is 6.27. The van der Waals surface area contributed by atoms with E-state index in [9.17, 15) is 10.1 Å². The van der Waals surface area contributed by atoms with Gasteiger partial charge >= 0.3 is 0 Å². The Morgan fingerprint density at radius 1 is 1.15 bits per heavy atom. The molecule has 0 saturated carbocycles. The number of aliphatic hydroxyl groups is 1. The Hall–Kier alpha value is -2.40. The van der Waals surface area contributed by atoms with Gasteiger partial charge in [0.15, 0.2) is 0 Å². The monoisotopic (exact) mass is 272 g/mol. The van der Waals surface area contributed by atoms with E-state index < -0.39 is 4.92 Å². The number of aryl methyl sites for hydroxylation is 1. The third-order valence-corrected chi connectivity index (χ3v) is 2.98. The van der Waals surface area contributed by atoms with Crippen molar-refractivity contribution in [2.75, 3.05) is 5.32 Å². The molecule has 0 amide bonds. The van der Waals surface area contributed by atoms with E-state index >= 15 is 0 Å². The highest BCUT2D eigenvalue weighted by atomic mass is 16.6. The number of benzene rings is 2. The summed E-state index contributed by atoms with van der Waals surface area (Å²) in [7, 11) is 0. The zero-order valence-corrected chi connectivity index (χ0v) is 11.2. The summed E-state index contributed by atoms with van der Waals surface area (Å²) in [6, 6.07) is 12.5. The largest absolute Gasteiger partial charge is 0.392 e. The Labute approximate surface area is 117 Å². The Bertz CT molecular complexity index is 609. The Balaban J connectivity index is 2.08. The minimum atomic E-state index is -0.395. The lowest BCUT2D eigenvalue weighted by Crippen LogP contribution is -2.01. The molecule has 0 aliphatic heterocycles. The summed E-state index contributed by atoms with van der Waals surface area (Å²) in [4.78, 5) is 10.4. The van der Waals surface area contributed by atoms with Crippen molar-refractivity contribution in [3.63, 3.8) is 0 Å². The van der Waals surface area contributed by atoms with Gasteiger partial charge in [0.2, 0.25) is 0 Å². The van der Waals surface area contributed by atoms with Crippen molar-refractivity contribution in [3.8, 4) is 0 Å². The maximum absolute atomic E-state index is 10.8. The molecule has 0 atom stereocenters. The molecular formula is C15H16N2O3. The van der Waals surface area contributed by atoms with Gasteiger partial charge in [0, 0.05) is 24.4 Å². The molecule has 2 aromatic carbocycles. The molecule has 0 fully saturated rings. The van der Waals surface area contributed by atoms with E-state index in [0.717, 1.165) is 22.4 Å². The topological polar surface area (TPSA) is 75.4 Å². The normalized spacial score (nSPS) is 10.3. The number of nitrogens with one attached hydrogen (secondary N) is 1. The number of rotatable bonds is 5. The number of aliphatic hydroxyl groups excluding tert-OH is 1. The van der Waals surface area contributed by atoms with Crippen LogP contribution in [-0.4, -0.2) is 10.0 Å². The van der Waals surface area contributed by atoms with Gasteiger partial charge in [-0.2, -0.15) is 0 Å². The lowest BCUT2D eigenvalue weighted by Gasteiger charge is -2.08. The molecule has 0 aromatic heterocycles. The van der Waals surface area contributed by atoms with Gasteiger partial charge in [0.1, 0.15) is 0 Å². The summed E-state index contributed by atoms with van der Waals surface area (Å²) in [6.07, 6.45) is 0. The van der Waals surface area contributed by atoms with Gasteiger partial charge in [0.25, 0.3) is 5.69 Å². The van der Waals surface area contributed by atoms with Crippen LogP contribution in [0.25, 0.3) is 0 Å². The van der Waals surface area contributed by atoms with Crippen LogP contribution in [0.15, 0.2) is 42.5 Å². The van der Waals surface area contributed by atoms with E-state index in [-0.39, 0.29) is 12.3 Å². The number of nitro groups is 1. The van der Waals surface area contributed by atoms with Crippen LogP contribution >= 0.6 is 0 Å². The average molecular weight is 272 g/mol. The highest BCUT2D eigenvalue weighted by molar-refractivity contribution is 5.54. The van der Waals surface area contributed by atoms with Crippen molar-refractivity contribution in [3.05, 3.63) is 69.3 Å². The van der Waals surface area contributed by atoms with Crippen LogP contribution < -0.4 is 5.32 Å². The van der Waals surface area contributed by atoms with Gasteiger partial charge in [-0.3, -0.25) is 10.1 Å². The van der Waals surface area contributed by atoms with Gasteiger partial charge in [-0.25, -0.2) is 0 Å². The zero-order valence-electron chi connectivity index (χ0n) is 11.2. The first-order chi connectivity index (χ1) is 9.58. The predicted octanol–water partition coefficient (Wildman–Crippen LogP) is 3.01. The van der Waals surface area contributed by atoms with Crippen molar-refractivity contribution in [1.29, 1.82) is 0 Å². The third-order valence-electron chi connectivity index (χ3n) is 2.98. The maximum Gasteiger partial charge on any atom is 0.271 e. The second-order valence-electron chi connectivity index (χ2n) is 4.64. The highest BCUT2D eigenvalue weighted by Gasteiger charge is 2.07. The minimum absolute atomic E-state index is 0.0256. The van der Waals surface area contributed by atoms with Crippen molar-refractivity contribution < 1.29 is 10.0 Å². The smallest absolute Gasteiger partial charge is 0.271 e. The quantitative estimate of drug-likeness (QED) is 0.648. The molecule has 20 heavy (non-hydrogen) atoms. The lowest BCUT2D eigenvalue weighted by atomic mass is 10.1. The Morgan fingerprint density at radius 2 is 1.80 bits per heavy atom. The first-order valence-electron chi connectivity index (χ1n) is 6.27. The number of hydrogen-bond acceptors (Lipinski definition) is 4. The molecular weight excluding hydrogens is 256 g/mol. The molecule has 0 aliphatic rings. The lowest BCUT2D eigenvalue weighted by molar-refractivity contribution is -0.384. The minimum Gasteiger partial charge on any atom is -0.392 e. The average Bonchev–Trinajstić information content (AvgIpc) is 2.45. The van der Waals surface area contributed by atoms with Crippen molar-refractivity contribution >= 4 is 11.4 Å². The van der Waals surface area contributed by atoms with Gasteiger partial charge in [-0.05, 0) is 29.7 Å². The van der Waals surface area contributed by atoms with Gasteiger partial charge < -0.3 is 10.4 Å². The standard InChI is InChI=1S/C15H16N2O3/c1-11-6-14(8-15(7-11)17(19)20)16-9-12-2-4-13(10-18)5-3-12/h2-8,16,18H,9-10H2,1H3. The maximum atomic E-state index is 10.8. The molecule has 0 aliphatic carbocycles. The summed E-state index contributed by atoms with van der Waals surface area (Å²) in [5, 5.41) is 22.9. The number of non-ortho nitro benzene ring substituents is 1. The number of nitro benzene ring substituents is 1. The summed E-state index contributed by atoms with van der Waals surface area (Å²) < 4.78 is 0. The number of anilines is 1. The fraction of sp³-hybridized carbons (Fsp3) is 0.200. The molecule has 0 saturated heterocycles. The van der Waals surface area contributed by atoms with Crippen LogP contribution in [0.4, 0.5) is 11.4 Å². The van der Waals surface area contributed by atoms with E-state index in [1.165, 1.54) is 6.07 Å². The molecule has 0 unspecified atom stereocenters. The number of nitrogens with zero attached hydrogens (tertiary/aromatic N) is 1. The summed E-state index contributed by atoms with van der Waals surface area (Å²) in [5.74, 6) is 0. The Kier molecular flexibility index (Phi) is 4.32. The fourth-order valence-corrected chi connectivity index (χ4v) is 1.94. The van der Waals surface area contributed by atoms with Crippen molar-refractivity contribution in [1.82, 2.24) is 0 Å². The summed E-state index contributed by atoms with van der Waals surface area (Å²) in [5.41, 5.74) is 3.56. The molecule has 2 rings (SSSR count). The second kappa shape index (κ2) is 6.16. The van der Waals surface area contributed by atoms with Crippen LogP contribution in [0.5, 0.6) is 0 Å². The number of hydrogen-bond donors (Lipinski definition) is 2. The molecule has 0 bridgehead atoms. The predicted molar refractivity (Wildman–Crippen MR) is 77.5 cm³/mol. The Morgan fingerprint density at radius 3 is 2.40 bits per heavy atom. The van der Waals surface area contributed by atoms with E-state index in [1.807, 2.05) is 37.3 Å². The van der Waals surface area contributed by atoms with Crippen LogP contribution in [0, 0.1) is 17.0 Å². The van der Waals surface area contributed by atoms with Gasteiger partial charge in [-0.15, -0.1) is 0 Å². The molecule has 0 heterocycles. The van der Waals surface area contributed by atoms with Crippen LogP contribution in [0.3, 0.4) is 0 Å². The third kappa shape index (κ3) is 3.55. The molecule has 0 radical (unpaired) electrons. The second-order valence-corrected chi connectivity index (χ2v) is 4.64. The van der Waals surface area contributed by atoms with Crippen LogP contribution in [-0.2, 0) is 13.2 Å². The zero-order chi connectivity index (χ0) is 14.5.